The molecule has 0 saturated carbocycles. The Bertz CT molecular complexity index is 1010. The number of hydrogen-bond donors (Lipinski definition) is 2. The van der Waals surface area contributed by atoms with Gasteiger partial charge < -0.3 is 19.5 Å². The molecule has 0 radical (unpaired) electrons. The van der Waals surface area contributed by atoms with Crippen LogP contribution in [0.1, 0.15) is 10.4 Å². The Kier molecular flexibility index (Phi) is 7.07. The van der Waals surface area contributed by atoms with E-state index in [9.17, 15) is 26.8 Å². The summed E-state index contributed by atoms with van der Waals surface area (Å²) in [4.78, 5) is 23.8. The van der Waals surface area contributed by atoms with Crippen molar-refractivity contribution < 1.29 is 41.0 Å². The minimum Gasteiger partial charge on any atom is -0.495 e. The molecule has 0 heterocycles. The first-order valence-corrected chi connectivity index (χ1v) is 9.37. The zero-order valence-electron chi connectivity index (χ0n) is 14.9. The molecular weight excluding hydrogens is 414 g/mol. The molecule has 0 aliphatic heterocycles. The molecule has 0 aliphatic rings. The molecule has 0 spiro atoms. The van der Waals surface area contributed by atoms with Crippen LogP contribution in [0.2, 0.25) is 0 Å². The highest BCUT2D eigenvalue weighted by Crippen LogP contribution is 2.27. The quantitative estimate of drug-likeness (QED) is 0.609. The predicted molar refractivity (Wildman–Crippen MR) is 96.4 cm³/mol. The van der Waals surface area contributed by atoms with E-state index in [4.69, 9.17) is 14.6 Å². The Labute approximate surface area is 164 Å². The largest absolute Gasteiger partial charge is 0.495 e. The molecule has 2 aromatic rings. The number of amides is 1. The van der Waals surface area contributed by atoms with Crippen LogP contribution < -0.4 is 19.9 Å². The van der Waals surface area contributed by atoms with Crippen LogP contribution >= 0.6 is 0 Å². The lowest BCUT2D eigenvalue weighted by atomic mass is 10.2. The third-order valence-electron chi connectivity index (χ3n) is 3.40. The molecule has 156 valence electrons. The lowest BCUT2D eigenvalue weighted by molar-refractivity contribution is -0.119. The molecule has 0 unspecified atom stereocenters. The number of esters is 1. The summed E-state index contributed by atoms with van der Waals surface area (Å²) in [5, 5.41) is 7.38. The molecular formula is C17H16F2N2O7S. The van der Waals surface area contributed by atoms with Gasteiger partial charge in [0.05, 0.1) is 23.3 Å². The number of nitrogens with two attached hydrogens (primary N) is 1. The molecule has 1 amide bonds. The Morgan fingerprint density at radius 3 is 2.52 bits per heavy atom. The standard InChI is InChI=1S/C17H16F2N2O7S/c1-26-14-6-5-12(29(20,24)25)8-13(14)21-15(22)9-27-16(23)10-3-2-4-11(7-10)28-17(18)19/h2-8,17H,9H2,1H3,(H,21,22)(H2,20,24,25). The smallest absolute Gasteiger partial charge is 0.387 e. The minimum absolute atomic E-state index is 0.00703. The fourth-order valence-corrected chi connectivity index (χ4v) is 2.70. The van der Waals surface area contributed by atoms with Crippen molar-refractivity contribution in [3.63, 3.8) is 0 Å². The fraction of sp³-hybridized carbons (Fsp3) is 0.176. The average Bonchev–Trinajstić information content (AvgIpc) is 2.65. The second-order valence-electron chi connectivity index (χ2n) is 5.44. The van der Waals surface area contributed by atoms with Gasteiger partial charge in [-0.1, -0.05) is 6.07 Å². The van der Waals surface area contributed by atoms with Crippen molar-refractivity contribution in [1.82, 2.24) is 0 Å². The van der Waals surface area contributed by atoms with Gasteiger partial charge in [0.15, 0.2) is 6.61 Å². The Balaban J connectivity index is 2.04. The number of nitrogens with one attached hydrogen (secondary N) is 1. The number of ether oxygens (including phenoxy) is 3. The fourth-order valence-electron chi connectivity index (χ4n) is 2.16. The van der Waals surface area contributed by atoms with Crippen LogP contribution in [0.5, 0.6) is 11.5 Å². The highest BCUT2D eigenvalue weighted by atomic mass is 32.2. The van der Waals surface area contributed by atoms with Crippen LogP contribution in [0.4, 0.5) is 14.5 Å². The summed E-state index contributed by atoms with van der Waals surface area (Å²) in [6.45, 7) is -3.79. The molecule has 9 nitrogen and oxygen atoms in total. The van der Waals surface area contributed by atoms with Crippen LogP contribution in [-0.4, -0.2) is 40.6 Å². The van der Waals surface area contributed by atoms with Gasteiger partial charge in [-0.25, -0.2) is 18.4 Å². The lowest BCUT2D eigenvalue weighted by Crippen LogP contribution is -2.21. The normalized spacial score (nSPS) is 11.1. The number of sulfonamides is 1. The number of anilines is 1. The molecule has 2 rings (SSSR count). The van der Waals surface area contributed by atoms with E-state index in [1.807, 2.05) is 0 Å². The number of halogens is 2. The number of alkyl halides is 2. The van der Waals surface area contributed by atoms with E-state index in [1.54, 1.807) is 0 Å². The monoisotopic (exact) mass is 430 g/mol. The second kappa shape index (κ2) is 9.30. The second-order valence-corrected chi connectivity index (χ2v) is 7.00. The van der Waals surface area contributed by atoms with E-state index < -0.39 is 35.1 Å². The molecule has 0 bridgehead atoms. The Morgan fingerprint density at radius 1 is 1.17 bits per heavy atom. The third kappa shape index (κ3) is 6.40. The Morgan fingerprint density at radius 2 is 1.90 bits per heavy atom. The number of benzene rings is 2. The number of carbonyl (C=O) groups is 2. The maximum absolute atomic E-state index is 12.2. The average molecular weight is 430 g/mol. The van der Waals surface area contributed by atoms with Crippen LogP contribution in [0.3, 0.4) is 0 Å². The van der Waals surface area contributed by atoms with Crippen molar-refractivity contribution in [1.29, 1.82) is 0 Å². The first-order chi connectivity index (χ1) is 13.6. The van der Waals surface area contributed by atoms with Gasteiger partial charge in [0, 0.05) is 0 Å². The number of rotatable bonds is 8. The summed E-state index contributed by atoms with van der Waals surface area (Å²) in [5.41, 5.74) is -0.114. The summed E-state index contributed by atoms with van der Waals surface area (Å²) in [5.74, 6) is -1.86. The molecule has 2 aromatic carbocycles. The summed E-state index contributed by atoms with van der Waals surface area (Å²) >= 11 is 0. The Hall–Kier alpha value is -3.25. The summed E-state index contributed by atoms with van der Waals surface area (Å²) in [7, 11) is -2.72. The molecule has 29 heavy (non-hydrogen) atoms. The number of methoxy groups -OCH3 is 1. The first kappa shape index (κ1) is 22.0. The SMILES string of the molecule is COc1ccc(S(N)(=O)=O)cc1NC(=O)COC(=O)c1cccc(OC(F)F)c1. The number of primary sulfonamides is 1. The molecule has 3 N–H and O–H groups in total. The molecule has 0 saturated heterocycles. The van der Waals surface area contributed by atoms with Gasteiger partial charge in [0.25, 0.3) is 5.91 Å². The van der Waals surface area contributed by atoms with Gasteiger partial charge in [-0.3, -0.25) is 4.79 Å². The van der Waals surface area contributed by atoms with Gasteiger partial charge in [-0.05, 0) is 36.4 Å². The van der Waals surface area contributed by atoms with E-state index in [0.717, 1.165) is 12.1 Å². The maximum Gasteiger partial charge on any atom is 0.387 e. The highest BCUT2D eigenvalue weighted by Gasteiger charge is 2.16. The summed E-state index contributed by atoms with van der Waals surface area (Å²) in [6.07, 6.45) is 0. The van der Waals surface area contributed by atoms with Crippen molar-refractivity contribution in [3.05, 3.63) is 48.0 Å². The maximum atomic E-state index is 12.2. The van der Waals surface area contributed by atoms with Gasteiger partial charge in [0.1, 0.15) is 11.5 Å². The van der Waals surface area contributed by atoms with Crippen molar-refractivity contribution >= 4 is 27.6 Å². The molecule has 0 aliphatic carbocycles. The van der Waals surface area contributed by atoms with Crippen molar-refractivity contribution in [2.24, 2.45) is 5.14 Å². The van der Waals surface area contributed by atoms with Gasteiger partial charge >= 0.3 is 12.6 Å². The van der Waals surface area contributed by atoms with Crippen LogP contribution in [0.15, 0.2) is 47.4 Å². The molecule has 0 aromatic heterocycles. The zero-order valence-corrected chi connectivity index (χ0v) is 15.7. The van der Waals surface area contributed by atoms with Crippen molar-refractivity contribution in [2.75, 3.05) is 19.0 Å². The van der Waals surface area contributed by atoms with Crippen molar-refractivity contribution in [3.8, 4) is 11.5 Å². The minimum atomic E-state index is -4.02. The van der Waals surface area contributed by atoms with Gasteiger partial charge in [-0.15, -0.1) is 0 Å². The zero-order chi connectivity index (χ0) is 21.6. The summed E-state index contributed by atoms with van der Waals surface area (Å²) < 4.78 is 61.3. The van der Waals surface area contributed by atoms with E-state index in [-0.39, 0.29) is 27.6 Å². The predicted octanol–water partition coefficient (Wildman–Crippen LogP) is 1.74. The third-order valence-corrected chi connectivity index (χ3v) is 4.31. The first-order valence-electron chi connectivity index (χ1n) is 7.83. The van der Waals surface area contributed by atoms with E-state index in [2.05, 4.69) is 10.1 Å². The lowest BCUT2D eigenvalue weighted by Gasteiger charge is -2.12. The summed E-state index contributed by atoms with van der Waals surface area (Å²) in [6, 6.07) is 8.41. The highest BCUT2D eigenvalue weighted by molar-refractivity contribution is 7.89. The van der Waals surface area contributed by atoms with Crippen LogP contribution in [0, 0.1) is 0 Å². The number of carbonyl (C=O) groups excluding carboxylic acids is 2. The molecule has 0 fully saturated rings. The molecule has 0 atom stereocenters. The number of hydrogen-bond acceptors (Lipinski definition) is 7. The van der Waals surface area contributed by atoms with Gasteiger partial charge in [0.2, 0.25) is 10.0 Å². The van der Waals surface area contributed by atoms with E-state index in [0.29, 0.717) is 0 Å². The van der Waals surface area contributed by atoms with E-state index >= 15 is 0 Å². The van der Waals surface area contributed by atoms with Gasteiger partial charge in [-0.2, -0.15) is 8.78 Å². The van der Waals surface area contributed by atoms with E-state index in [1.165, 1.54) is 37.4 Å². The molecule has 12 heteroatoms. The van der Waals surface area contributed by atoms with Crippen molar-refractivity contribution in [2.45, 2.75) is 11.5 Å². The van der Waals surface area contributed by atoms with Crippen LogP contribution in [-0.2, 0) is 19.6 Å². The van der Waals surface area contributed by atoms with Crippen LogP contribution in [0.25, 0.3) is 0 Å². The topological polar surface area (TPSA) is 134 Å².